The minimum absolute atomic E-state index is 0.644. The molecule has 90 valence electrons. The van der Waals surface area contributed by atoms with E-state index in [1.165, 1.54) is 0 Å². The van der Waals surface area contributed by atoms with Crippen molar-refractivity contribution in [2.75, 3.05) is 27.2 Å². The molecule has 0 radical (unpaired) electrons. The number of likely N-dealkylation sites (N-methyl/N-ethyl adjacent to an activating group) is 1. The summed E-state index contributed by atoms with van der Waals surface area (Å²) >= 11 is 6.32. The lowest BCUT2D eigenvalue weighted by molar-refractivity contribution is 0.262. The van der Waals surface area contributed by atoms with Crippen LogP contribution in [0.3, 0.4) is 0 Å². The van der Waals surface area contributed by atoms with Gasteiger partial charge in [0.1, 0.15) is 12.4 Å². The Balaban J connectivity index is 2.21. The van der Waals surface area contributed by atoms with Crippen LogP contribution in [0.15, 0.2) is 36.4 Å². The summed E-state index contributed by atoms with van der Waals surface area (Å²) in [5, 5.41) is 2.87. The van der Waals surface area contributed by atoms with Crippen LogP contribution in [-0.4, -0.2) is 32.1 Å². The summed E-state index contributed by atoms with van der Waals surface area (Å²) in [7, 11) is 4.04. The molecule has 0 aliphatic heterocycles. The largest absolute Gasteiger partial charge is 0.491 e. The lowest BCUT2D eigenvalue weighted by atomic mass is 10.1. The first-order chi connectivity index (χ1) is 8.18. The van der Waals surface area contributed by atoms with E-state index in [9.17, 15) is 0 Å². The van der Waals surface area contributed by atoms with Crippen molar-refractivity contribution in [2.24, 2.45) is 0 Å². The molecule has 0 aromatic heterocycles. The van der Waals surface area contributed by atoms with Crippen molar-refractivity contribution in [2.45, 2.75) is 0 Å². The minimum Gasteiger partial charge on any atom is -0.491 e. The van der Waals surface area contributed by atoms with Gasteiger partial charge in [-0.25, -0.2) is 0 Å². The Labute approximate surface area is 107 Å². The van der Waals surface area contributed by atoms with Crippen LogP contribution in [-0.2, 0) is 0 Å². The van der Waals surface area contributed by atoms with Crippen LogP contribution in [0.1, 0.15) is 0 Å². The standard InChI is InChI=1S/C14H16ClNO/c1-16(2)9-10-17-13-8-7-11-5-3-4-6-12(11)14(13)15/h3-8H,9-10H2,1-2H3. The van der Waals surface area contributed by atoms with E-state index in [1.54, 1.807) is 0 Å². The third-order valence-electron chi connectivity index (χ3n) is 2.62. The van der Waals surface area contributed by atoms with Crippen LogP contribution in [0.25, 0.3) is 10.8 Å². The number of hydrogen-bond acceptors (Lipinski definition) is 2. The van der Waals surface area contributed by atoms with Crippen molar-refractivity contribution in [3.05, 3.63) is 41.4 Å². The zero-order chi connectivity index (χ0) is 12.3. The van der Waals surface area contributed by atoms with E-state index < -0.39 is 0 Å². The third-order valence-corrected chi connectivity index (χ3v) is 3.01. The molecule has 0 unspecified atom stereocenters. The lowest BCUT2D eigenvalue weighted by Gasteiger charge is -2.13. The van der Waals surface area contributed by atoms with Gasteiger partial charge in [0.25, 0.3) is 0 Å². The predicted molar refractivity (Wildman–Crippen MR) is 73.0 cm³/mol. The number of nitrogens with zero attached hydrogens (tertiary/aromatic N) is 1. The molecule has 2 aromatic carbocycles. The first-order valence-corrected chi connectivity index (χ1v) is 6.01. The molecule has 0 heterocycles. The van der Waals surface area contributed by atoms with Crippen molar-refractivity contribution < 1.29 is 4.74 Å². The molecule has 0 atom stereocenters. The van der Waals surface area contributed by atoms with E-state index in [0.717, 1.165) is 23.1 Å². The van der Waals surface area contributed by atoms with Gasteiger partial charge in [0.05, 0.1) is 5.02 Å². The van der Waals surface area contributed by atoms with E-state index >= 15 is 0 Å². The summed E-state index contributed by atoms with van der Waals surface area (Å²) in [6, 6.07) is 12.0. The Bertz CT molecular complexity index is 511. The molecule has 2 rings (SSSR count). The van der Waals surface area contributed by atoms with Crippen molar-refractivity contribution in [1.29, 1.82) is 0 Å². The van der Waals surface area contributed by atoms with Gasteiger partial charge in [-0.1, -0.05) is 41.9 Å². The summed E-state index contributed by atoms with van der Waals surface area (Å²) < 4.78 is 5.68. The average molecular weight is 250 g/mol. The van der Waals surface area contributed by atoms with E-state index in [0.29, 0.717) is 11.6 Å². The molecule has 0 saturated heterocycles. The zero-order valence-electron chi connectivity index (χ0n) is 10.1. The second-order valence-electron chi connectivity index (χ2n) is 4.25. The average Bonchev–Trinajstić information content (AvgIpc) is 2.32. The Morgan fingerprint density at radius 3 is 2.65 bits per heavy atom. The fourth-order valence-electron chi connectivity index (χ4n) is 1.66. The smallest absolute Gasteiger partial charge is 0.138 e. The van der Waals surface area contributed by atoms with Crippen LogP contribution >= 0.6 is 11.6 Å². The molecular formula is C14H16ClNO. The highest BCUT2D eigenvalue weighted by Crippen LogP contribution is 2.32. The first kappa shape index (κ1) is 12.2. The number of fused-ring (bicyclic) bond motifs is 1. The van der Waals surface area contributed by atoms with Crippen molar-refractivity contribution >= 4 is 22.4 Å². The summed E-state index contributed by atoms with van der Waals surface area (Å²) in [6.45, 7) is 1.52. The van der Waals surface area contributed by atoms with Crippen LogP contribution < -0.4 is 4.74 Å². The van der Waals surface area contributed by atoms with Gasteiger partial charge in [0, 0.05) is 11.9 Å². The van der Waals surface area contributed by atoms with Crippen molar-refractivity contribution in [3.8, 4) is 5.75 Å². The van der Waals surface area contributed by atoms with Crippen LogP contribution in [0.2, 0.25) is 5.02 Å². The maximum absolute atomic E-state index is 6.32. The third kappa shape index (κ3) is 2.90. The number of ether oxygens (including phenoxy) is 1. The second-order valence-corrected chi connectivity index (χ2v) is 4.63. The molecular weight excluding hydrogens is 234 g/mol. The van der Waals surface area contributed by atoms with E-state index in [-0.39, 0.29) is 0 Å². The Kier molecular flexibility index (Phi) is 3.87. The number of benzene rings is 2. The fraction of sp³-hybridized carbons (Fsp3) is 0.286. The van der Waals surface area contributed by atoms with Crippen LogP contribution in [0.5, 0.6) is 5.75 Å². The Morgan fingerprint density at radius 2 is 1.88 bits per heavy atom. The molecule has 0 fully saturated rings. The summed E-state index contributed by atoms with van der Waals surface area (Å²) in [5.74, 6) is 0.757. The normalized spacial score (nSPS) is 11.1. The highest BCUT2D eigenvalue weighted by molar-refractivity contribution is 6.37. The summed E-state index contributed by atoms with van der Waals surface area (Å²) in [6.07, 6.45) is 0. The topological polar surface area (TPSA) is 12.5 Å². The molecule has 0 saturated carbocycles. The summed E-state index contributed by atoms with van der Waals surface area (Å²) in [4.78, 5) is 2.08. The fourth-order valence-corrected chi connectivity index (χ4v) is 1.95. The maximum atomic E-state index is 6.32. The van der Waals surface area contributed by atoms with Gasteiger partial charge in [-0.2, -0.15) is 0 Å². The molecule has 0 bridgehead atoms. The van der Waals surface area contributed by atoms with Gasteiger partial charge < -0.3 is 9.64 Å². The van der Waals surface area contributed by atoms with Gasteiger partial charge in [-0.05, 0) is 25.5 Å². The van der Waals surface area contributed by atoms with Crippen molar-refractivity contribution in [3.63, 3.8) is 0 Å². The SMILES string of the molecule is CN(C)CCOc1ccc2ccccc2c1Cl. The molecule has 0 aliphatic carbocycles. The van der Waals surface area contributed by atoms with Gasteiger partial charge in [0.15, 0.2) is 0 Å². The lowest BCUT2D eigenvalue weighted by Crippen LogP contribution is -2.19. The molecule has 3 heteroatoms. The molecule has 0 aliphatic rings. The summed E-state index contributed by atoms with van der Waals surface area (Å²) in [5.41, 5.74) is 0. The van der Waals surface area contributed by atoms with Crippen LogP contribution in [0.4, 0.5) is 0 Å². The van der Waals surface area contributed by atoms with Gasteiger partial charge in [0.2, 0.25) is 0 Å². The molecule has 17 heavy (non-hydrogen) atoms. The van der Waals surface area contributed by atoms with Gasteiger partial charge in [-0.3, -0.25) is 0 Å². The second kappa shape index (κ2) is 5.39. The predicted octanol–water partition coefficient (Wildman–Crippen LogP) is 3.43. The zero-order valence-corrected chi connectivity index (χ0v) is 10.9. The highest BCUT2D eigenvalue weighted by Gasteiger charge is 2.05. The molecule has 0 amide bonds. The molecule has 2 aromatic rings. The first-order valence-electron chi connectivity index (χ1n) is 5.63. The molecule has 0 spiro atoms. The van der Waals surface area contributed by atoms with Gasteiger partial charge >= 0.3 is 0 Å². The van der Waals surface area contributed by atoms with Crippen molar-refractivity contribution in [1.82, 2.24) is 4.90 Å². The Morgan fingerprint density at radius 1 is 1.12 bits per heavy atom. The monoisotopic (exact) mass is 249 g/mol. The highest BCUT2D eigenvalue weighted by atomic mass is 35.5. The Hall–Kier alpha value is -1.25. The number of rotatable bonds is 4. The van der Waals surface area contributed by atoms with E-state index in [2.05, 4.69) is 4.90 Å². The number of hydrogen-bond donors (Lipinski definition) is 0. The quantitative estimate of drug-likeness (QED) is 0.823. The van der Waals surface area contributed by atoms with Gasteiger partial charge in [-0.15, -0.1) is 0 Å². The van der Waals surface area contributed by atoms with E-state index in [1.807, 2.05) is 50.5 Å². The van der Waals surface area contributed by atoms with Crippen LogP contribution in [0, 0.1) is 0 Å². The minimum atomic E-state index is 0.644. The van der Waals surface area contributed by atoms with E-state index in [4.69, 9.17) is 16.3 Å². The molecule has 2 nitrogen and oxygen atoms in total. The number of halogens is 1. The molecule has 0 N–H and O–H groups in total. The maximum Gasteiger partial charge on any atom is 0.138 e.